The molecular formula is C25H32FN3O3S. The van der Waals surface area contributed by atoms with E-state index in [1.165, 1.54) is 27.6 Å². The van der Waals surface area contributed by atoms with Crippen molar-refractivity contribution in [3.63, 3.8) is 0 Å². The van der Waals surface area contributed by atoms with Crippen LogP contribution >= 0.6 is 0 Å². The molecule has 2 aromatic rings. The third-order valence-corrected chi connectivity index (χ3v) is 8.62. The van der Waals surface area contributed by atoms with E-state index in [4.69, 9.17) is 0 Å². The van der Waals surface area contributed by atoms with Gasteiger partial charge in [-0.15, -0.1) is 0 Å². The van der Waals surface area contributed by atoms with Crippen molar-refractivity contribution in [2.45, 2.75) is 37.6 Å². The number of sulfonamides is 1. The maximum Gasteiger partial charge on any atom is 0.243 e. The Morgan fingerprint density at radius 1 is 0.970 bits per heavy atom. The first-order valence-corrected chi connectivity index (χ1v) is 13.1. The van der Waals surface area contributed by atoms with Gasteiger partial charge in [-0.1, -0.05) is 24.3 Å². The quantitative estimate of drug-likeness (QED) is 0.669. The van der Waals surface area contributed by atoms with Gasteiger partial charge in [-0.3, -0.25) is 9.69 Å². The van der Waals surface area contributed by atoms with Crippen molar-refractivity contribution < 1.29 is 17.6 Å². The van der Waals surface area contributed by atoms with E-state index in [-0.39, 0.29) is 23.3 Å². The van der Waals surface area contributed by atoms with E-state index >= 15 is 0 Å². The Balaban J connectivity index is 1.37. The van der Waals surface area contributed by atoms with Crippen LogP contribution in [0.4, 0.5) is 4.39 Å². The van der Waals surface area contributed by atoms with E-state index in [1.54, 1.807) is 0 Å². The van der Waals surface area contributed by atoms with Gasteiger partial charge in [0.2, 0.25) is 15.9 Å². The second-order valence-corrected chi connectivity index (χ2v) is 11.0. The third kappa shape index (κ3) is 5.62. The van der Waals surface area contributed by atoms with Crippen LogP contribution in [-0.2, 0) is 21.4 Å². The molecule has 0 radical (unpaired) electrons. The molecule has 2 saturated heterocycles. The lowest BCUT2D eigenvalue weighted by Gasteiger charge is -2.34. The normalized spacial score (nSPS) is 21.0. The highest BCUT2D eigenvalue weighted by Crippen LogP contribution is 2.26. The average Bonchev–Trinajstić information content (AvgIpc) is 3.06. The summed E-state index contributed by atoms with van der Waals surface area (Å²) in [6.45, 7) is 6.67. The summed E-state index contributed by atoms with van der Waals surface area (Å²) in [5, 5.41) is 0. The first-order valence-electron chi connectivity index (χ1n) is 11.7. The molecule has 2 aliphatic heterocycles. The standard InChI is InChI=1S/C25H32FN3O3S/c1-20-6-2-3-7-21(20)18-27-13-5-14-28(17-16-27)25(30)22-8-4-15-29(19-22)33(31,32)24-11-9-23(26)10-12-24/h2-3,6-7,9-12,22H,4-5,8,13-19H2,1H3. The molecule has 0 saturated carbocycles. The van der Waals surface area contributed by atoms with Crippen LogP contribution in [0.15, 0.2) is 53.4 Å². The average molecular weight is 474 g/mol. The van der Waals surface area contributed by atoms with Gasteiger partial charge in [0, 0.05) is 45.8 Å². The lowest BCUT2D eigenvalue weighted by molar-refractivity contribution is -0.136. The van der Waals surface area contributed by atoms with Crippen LogP contribution in [0.5, 0.6) is 0 Å². The largest absolute Gasteiger partial charge is 0.341 e. The summed E-state index contributed by atoms with van der Waals surface area (Å²) in [5.74, 6) is -0.762. The predicted octanol–water partition coefficient (Wildman–Crippen LogP) is 3.27. The second-order valence-electron chi connectivity index (χ2n) is 9.04. The fourth-order valence-corrected chi connectivity index (χ4v) is 6.28. The molecule has 1 unspecified atom stereocenters. The summed E-state index contributed by atoms with van der Waals surface area (Å²) in [7, 11) is -3.74. The highest BCUT2D eigenvalue weighted by atomic mass is 32.2. The Bertz CT molecular complexity index is 1070. The van der Waals surface area contributed by atoms with Crippen molar-refractivity contribution in [3.8, 4) is 0 Å². The molecule has 2 aliphatic rings. The summed E-state index contributed by atoms with van der Waals surface area (Å²) >= 11 is 0. The van der Waals surface area contributed by atoms with Crippen LogP contribution in [0.3, 0.4) is 0 Å². The van der Waals surface area contributed by atoms with Gasteiger partial charge in [0.15, 0.2) is 0 Å². The maximum absolute atomic E-state index is 13.3. The minimum absolute atomic E-state index is 0.0479. The van der Waals surface area contributed by atoms with Crippen LogP contribution in [0.1, 0.15) is 30.4 Å². The molecule has 0 aromatic heterocycles. The van der Waals surface area contributed by atoms with E-state index in [9.17, 15) is 17.6 Å². The number of carbonyl (C=O) groups excluding carboxylic acids is 1. The van der Waals surface area contributed by atoms with E-state index in [1.807, 2.05) is 11.0 Å². The Morgan fingerprint density at radius 2 is 1.73 bits per heavy atom. The fourth-order valence-electron chi connectivity index (χ4n) is 4.75. The van der Waals surface area contributed by atoms with Gasteiger partial charge in [0.05, 0.1) is 10.8 Å². The van der Waals surface area contributed by atoms with Crippen molar-refractivity contribution in [2.24, 2.45) is 5.92 Å². The molecule has 2 fully saturated rings. The number of hydrogen-bond acceptors (Lipinski definition) is 4. The van der Waals surface area contributed by atoms with Crippen molar-refractivity contribution in [1.29, 1.82) is 0 Å². The molecule has 0 aliphatic carbocycles. The Kier molecular flexibility index (Phi) is 7.46. The number of amides is 1. The molecule has 0 bridgehead atoms. The minimum Gasteiger partial charge on any atom is -0.341 e. The van der Waals surface area contributed by atoms with E-state index < -0.39 is 15.8 Å². The van der Waals surface area contributed by atoms with E-state index in [2.05, 4.69) is 30.0 Å². The van der Waals surface area contributed by atoms with Gasteiger partial charge in [0.25, 0.3) is 0 Å². The minimum atomic E-state index is -3.74. The number of piperidine rings is 1. The van der Waals surface area contributed by atoms with Crippen molar-refractivity contribution in [2.75, 3.05) is 39.3 Å². The van der Waals surface area contributed by atoms with E-state index in [0.29, 0.717) is 32.5 Å². The number of benzene rings is 2. The number of nitrogens with zero attached hydrogens (tertiary/aromatic N) is 3. The number of halogens is 1. The first kappa shape index (κ1) is 23.9. The number of carbonyl (C=O) groups is 1. The van der Waals surface area contributed by atoms with Crippen molar-refractivity contribution in [1.82, 2.24) is 14.1 Å². The summed E-state index contributed by atoms with van der Waals surface area (Å²) in [4.78, 5) is 17.7. The number of hydrogen-bond donors (Lipinski definition) is 0. The maximum atomic E-state index is 13.3. The smallest absolute Gasteiger partial charge is 0.243 e. The molecule has 6 nitrogen and oxygen atoms in total. The molecular weight excluding hydrogens is 441 g/mol. The molecule has 4 rings (SSSR count). The van der Waals surface area contributed by atoms with Gasteiger partial charge in [-0.2, -0.15) is 4.31 Å². The van der Waals surface area contributed by atoms with Crippen LogP contribution in [0.25, 0.3) is 0 Å². The second kappa shape index (κ2) is 10.3. The third-order valence-electron chi connectivity index (χ3n) is 6.74. The van der Waals surface area contributed by atoms with E-state index in [0.717, 1.165) is 38.2 Å². The zero-order valence-corrected chi connectivity index (χ0v) is 19.9. The Hall–Kier alpha value is -2.29. The molecule has 1 amide bonds. The molecule has 0 spiro atoms. The van der Waals surface area contributed by atoms with Gasteiger partial charge in [-0.25, -0.2) is 12.8 Å². The SMILES string of the molecule is Cc1ccccc1CN1CCCN(C(=O)C2CCCN(S(=O)(=O)c3ccc(F)cc3)C2)CC1. The van der Waals surface area contributed by atoms with Crippen LogP contribution in [0.2, 0.25) is 0 Å². The lowest BCUT2D eigenvalue weighted by atomic mass is 9.98. The van der Waals surface area contributed by atoms with Crippen LogP contribution < -0.4 is 0 Å². The van der Waals surface area contributed by atoms with Crippen LogP contribution in [0, 0.1) is 18.7 Å². The predicted molar refractivity (Wildman–Crippen MR) is 126 cm³/mol. The molecule has 8 heteroatoms. The summed E-state index contributed by atoms with van der Waals surface area (Å²) in [6, 6.07) is 13.3. The molecule has 33 heavy (non-hydrogen) atoms. The van der Waals surface area contributed by atoms with Gasteiger partial charge in [0.1, 0.15) is 5.82 Å². The zero-order valence-electron chi connectivity index (χ0n) is 19.1. The number of aryl methyl sites for hydroxylation is 1. The van der Waals surface area contributed by atoms with Gasteiger partial charge >= 0.3 is 0 Å². The Labute approximate surface area is 196 Å². The number of rotatable bonds is 5. The first-order chi connectivity index (χ1) is 15.8. The van der Waals surface area contributed by atoms with Crippen LogP contribution in [-0.4, -0.2) is 67.7 Å². The molecule has 2 aromatic carbocycles. The molecule has 1 atom stereocenters. The monoisotopic (exact) mass is 473 g/mol. The molecule has 0 N–H and O–H groups in total. The highest BCUT2D eigenvalue weighted by Gasteiger charge is 2.35. The van der Waals surface area contributed by atoms with Gasteiger partial charge < -0.3 is 4.90 Å². The van der Waals surface area contributed by atoms with Crippen molar-refractivity contribution in [3.05, 3.63) is 65.5 Å². The molecule has 2 heterocycles. The van der Waals surface area contributed by atoms with Gasteiger partial charge in [-0.05, 0) is 61.6 Å². The summed E-state index contributed by atoms with van der Waals surface area (Å²) in [5.41, 5.74) is 2.59. The lowest BCUT2D eigenvalue weighted by Crippen LogP contribution is -2.47. The summed E-state index contributed by atoms with van der Waals surface area (Å²) < 4.78 is 40.6. The van der Waals surface area contributed by atoms with Crippen molar-refractivity contribution >= 4 is 15.9 Å². The summed E-state index contributed by atoms with van der Waals surface area (Å²) in [6.07, 6.45) is 2.24. The zero-order chi connectivity index (χ0) is 23.4. The topological polar surface area (TPSA) is 60.9 Å². The Morgan fingerprint density at radius 3 is 2.48 bits per heavy atom. The fraction of sp³-hybridized carbons (Fsp3) is 0.480. The highest BCUT2D eigenvalue weighted by molar-refractivity contribution is 7.89. The molecule has 178 valence electrons.